The molecule has 1 aromatic rings. The number of nitrogens with zero attached hydrogens (tertiary/aromatic N) is 1. The minimum atomic E-state index is -3.50. The fourth-order valence-corrected chi connectivity index (χ4v) is 3.32. The molecule has 1 heterocycles. The predicted octanol–water partition coefficient (Wildman–Crippen LogP) is 1.09. The Balaban J connectivity index is 1.95. The van der Waals surface area contributed by atoms with Gasteiger partial charge in [0, 0.05) is 13.1 Å². The highest BCUT2D eigenvalue weighted by Gasteiger charge is 2.19. The normalized spacial score (nSPS) is 16.8. The summed E-state index contributed by atoms with van der Waals surface area (Å²) in [4.78, 5) is 2.88. The van der Waals surface area contributed by atoms with Gasteiger partial charge in [0.05, 0.1) is 11.5 Å². The lowest BCUT2D eigenvalue weighted by atomic mass is 10.2. The first-order valence-corrected chi connectivity index (χ1v) is 8.80. The third-order valence-corrected chi connectivity index (χ3v) is 4.75. The molecule has 0 aliphatic carbocycles. The molecule has 1 aliphatic heterocycles. The first-order chi connectivity index (χ1) is 10.1. The summed E-state index contributed by atoms with van der Waals surface area (Å²) in [6.45, 7) is 2.64. The van der Waals surface area contributed by atoms with Crippen molar-refractivity contribution in [2.24, 2.45) is 5.73 Å². The summed E-state index contributed by atoms with van der Waals surface area (Å²) < 4.78 is 30.0. The van der Waals surface area contributed by atoms with E-state index >= 15 is 0 Å². The molecule has 118 valence electrons. The smallest absolute Gasteiger partial charge is 0.253 e. The van der Waals surface area contributed by atoms with Crippen LogP contribution in [0.1, 0.15) is 25.7 Å². The van der Waals surface area contributed by atoms with Crippen molar-refractivity contribution in [3.8, 4) is 5.75 Å². The fourth-order valence-electron chi connectivity index (χ4n) is 2.20. The van der Waals surface area contributed by atoms with Gasteiger partial charge >= 0.3 is 0 Å². The monoisotopic (exact) mass is 313 g/mol. The standard InChI is InChI=1S/C14H23N3O3S/c15-9-4-12-20-13-5-7-14(8-6-13)21(18,19)16-17-10-2-1-3-11-17/h5-8,16H,1-4,9-12,15H2. The summed E-state index contributed by atoms with van der Waals surface area (Å²) >= 11 is 0. The van der Waals surface area contributed by atoms with Gasteiger partial charge in [0.25, 0.3) is 10.0 Å². The van der Waals surface area contributed by atoms with Crippen molar-refractivity contribution in [2.75, 3.05) is 26.2 Å². The Hall–Kier alpha value is -1.15. The van der Waals surface area contributed by atoms with E-state index in [1.807, 2.05) is 0 Å². The molecule has 1 aliphatic rings. The Morgan fingerprint density at radius 3 is 2.43 bits per heavy atom. The molecule has 0 bridgehead atoms. The molecule has 0 radical (unpaired) electrons. The minimum Gasteiger partial charge on any atom is -0.494 e. The Morgan fingerprint density at radius 1 is 1.14 bits per heavy atom. The van der Waals surface area contributed by atoms with Crippen LogP contribution in [0.15, 0.2) is 29.2 Å². The fraction of sp³-hybridized carbons (Fsp3) is 0.571. The molecule has 1 fully saturated rings. The summed E-state index contributed by atoms with van der Waals surface area (Å²) in [6, 6.07) is 6.46. The maximum absolute atomic E-state index is 12.3. The number of nitrogens with one attached hydrogen (secondary N) is 1. The van der Waals surface area contributed by atoms with Crippen LogP contribution >= 0.6 is 0 Å². The van der Waals surface area contributed by atoms with Crippen LogP contribution in [-0.4, -0.2) is 39.7 Å². The molecule has 0 spiro atoms. The molecule has 21 heavy (non-hydrogen) atoms. The second-order valence-corrected chi connectivity index (χ2v) is 6.77. The van der Waals surface area contributed by atoms with Gasteiger partial charge < -0.3 is 10.5 Å². The molecule has 6 nitrogen and oxygen atoms in total. The maximum atomic E-state index is 12.3. The van der Waals surface area contributed by atoms with Gasteiger partial charge in [-0.3, -0.25) is 0 Å². The first kappa shape index (κ1) is 16.2. The van der Waals surface area contributed by atoms with E-state index in [1.165, 1.54) is 0 Å². The van der Waals surface area contributed by atoms with Gasteiger partial charge in [-0.25, -0.2) is 13.4 Å². The number of rotatable bonds is 7. The first-order valence-electron chi connectivity index (χ1n) is 7.32. The quantitative estimate of drug-likeness (QED) is 0.736. The Bertz CT molecular complexity index is 525. The third-order valence-electron chi connectivity index (χ3n) is 3.36. The van der Waals surface area contributed by atoms with E-state index in [1.54, 1.807) is 29.3 Å². The number of hydrogen-bond acceptors (Lipinski definition) is 5. The summed E-state index contributed by atoms with van der Waals surface area (Å²) in [7, 11) is -3.50. The molecular formula is C14H23N3O3S. The van der Waals surface area contributed by atoms with Crippen LogP contribution in [0.3, 0.4) is 0 Å². The molecule has 0 atom stereocenters. The zero-order valence-electron chi connectivity index (χ0n) is 12.1. The number of piperidine rings is 1. The highest BCUT2D eigenvalue weighted by Crippen LogP contribution is 2.17. The van der Waals surface area contributed by atoms with E-state index in [0.717, 1.165) is 38.8 Å². The van der Waals surface area contributed by atoms with Gasteiger partial charge in [-0.1, -0.05) is 6.42 Å². The molecule has 2 rings (SSSR count). The number of hydrogen-bond donors (Lipinski definition) is 2. The molecule has 7 heteroatoms. The largest absolute Gasteiger partial charge is 0.494 e. The Labute approximate surface area is 126 Å². The van der Waals surface area contributed by atoms with Crippen LogP contribution in [0.2, 0.25) is 0 Å². The lowest BCUT2D eigenvalue weighted by Gasteiger charge is -2.26. The van der Waals surface area contributed by atoms with Crippen LogP contribution < -0.4 is 15.3 Å². The number of nitrogens with two attached hydrogens (primary N) is 1. The Morgan fingerprint density at radius 2 is 1.81 bits per heavy atom. The van der Waals surface area contributed by atoms with E-state index in [4.69, 9.17) is 10.5 Å². The average molecular weight is 313 g/mol. The summed E-state index contributed by atoms with van der Waals surface area (Å²) in [5.74, 6) is 0.653. The second-order valence-electron chi connectivity index (χ2n) is 5.10. The van der Waals surface area contributed by atoms with Crippen molar-refractivity contribution in [1.29, 1.82) is 0 Å². The second kappa shape index (κ2) is 7.74. The van der Waals surface area contributed by atoms with Gasteiger partial charge in [-0.05, 0) is 50.1 Å². The van der Waals surface area contributed by atoms with Crippen molar-refractivity contribution in [1.82, 2.24) is 9.84 Å². The van der Waals surface area contributed by atoms with E-state index in [0.29, 0.717) is 18.9 Å². The minimum absolute atomic E-state index is 0.249. The van der Waals surface area contributed by atoms with Crippen molar-refractivity contribution in [3.63, 3.8) is 0 Å². The zero-order chi connectivity index (χ0) is 15.1. The van der Waals surface area contributed by atoms with E-state index in [9.17, 15) is 8.42 Å². The highest BCUT2D eigenvalue weighted by atomic mass is 32.2. The van der Waals surface area contributed by atoms with Gasteiger partial charge in [0.1, 0.15) is 5.75 Å². The average Bonchev–Trinajstić information content (AvgIpc) is 2.49. The predicted molar refractivity (Wildman–Crippen MR) is 81.4 cm³/mol. The van der Waals surface area contributed by atoms with Crippen LogP contribution in [-0.2, 0) is 10.0 Å². The number of hydrazine groups is 1. The summed E-state index contributed by atoms with van der Waals surface area (Å²) in [5.41, 5.74) is 5.39. The molecule has 0 aromatic heterocycles. The molecule has 1 saturated heterocycles. The lowest BCUT2D eigenvalue weighted by molar-refractivity contribution is 0.200. The van der Waals surface area contributed by atoms with Crippen LogP contribution in [0.4, 0.5) is 0 Å². The van der Waals surface area contributed by atoms with Crippen molar-refractivity contribution in [2.45, 2.75) is 30.6 Å². The van der Waals surface area contributed by atoms with E-state index in [-0.39, 0.29) is 4.90 Å². The summed E-state index contributed by atoms with van der Waals surface area (Å²) in [5, 5.41) is 1.77. The zero-order valence-corrected chi connectivity index (χ0v) is 12.9. The summed E-state index contributed by atoms with van der Waals surface area (Å²) in [6.07, 6.45) is 3.98. The highest BCUT2D eigenvalue weighted by molar-refractivity contribution is 7.89. The van der Waals surface area contributed by atoms with Gasteiger partial charge in [-0.2, -0.15) is 0 Å². The number of ether oxygens (including phenoxy) is 1. The molecular weight excluding hydrogens is 290 g/mol. The molecule has 1 aromatic carbocycles. The maximum Gasteiger partial charge on any atom is 0.253 e. The van der Waals surface area contributed by atoms with Gasteiger partial charge in [0.15, 0.2) is 0 Å². The number of sulfonamides is 1. The van der Waals surface area contributed by atoms with Crippen LogP contribution in [0.25, 0.3) is 0 Å². The van der Waals surface area contributed by atoms with E-state index < -0.39 is 10.0 Å². The molecule has 3 N–H and O–H groups in total. The van der Waals surface area contributed by atoms with Gasteiger partial charge in [-0.15, -0.1) is 4.83 Å². The molecule has 0 unspecified atom stereocenters. The number of benzene rings is 1. The van der Waals surface area contributed by atoms with Crippen molar-refractivity contribution < 1.29 is 13.2 Å². The lowest BCUT2D eigenvalue weighted by Crippen LogP contribution is -2.44. The Kier molecular flexibility index (Phi) is 5.98. The van der Waals surface area contributed by atoms with Crippen molar-refractivity contribution >= 4 is 10.0 Å². The van der Waals surface area contributed by atoms with Gasteiger partial charge in [0.2, 0.25) is 0 Å². The third kappa shape index (κ3) is 4.96. The van der Waals surface area contributed by atoms with Crippen LogP contribution in [0, 0.1) is 0 Å². The molecule has 0 amide bonds. The van der Waals surface area contributed by atoms with E-state index in [2.05, 4.69) is 4.83 Å². The van der Waals surface area contributed by atoms with Crippen LogP contribution in [0.5, 0.6) is 5.75 Å². The van der Waals surface area contributed by atoms with Crippen molar-refractivity contribution in [3.05, 3.63) is 24.3 Å². The molecule has 0 saturated carbocycles. The topological polar surface area (TPSA) is 84.7 Å². The SMILES string of the molecule is NCCCOc1ccc(S(=O)(=O)NN2CCCCC2)cc1.